The molecular formula is C31H28N4O3. The maximum Gasteiger partial charge on any atom is 0.266 e. The SMILES string of the molecule is CCc1ccccc1N1C(=O)[C@H]2[C@H](C(C)C)N[C@]3(c4ccccc4-n4c3nc3ccccc3c4=O)[C@H]2C1=O. The second kappa shape index (κ2) is 7.95. The minimum atomic E-state index is -1.11. The fraction of sp³-hybridized carbons (Fsp3) is 0.290. The van der Waals surface area contributed by atoms with Crippen LogP contribution < -0.4 is 15.8 Å². The maximum atomic E-state index is 14.5. The highest BCUT2D eigenvalue weighted by Gasteiger charge is 2.70. The van der Waals surface area contributed by atoms with Crippen LogP contribution in [0.5, 0.6) is 0 Å². The molecule has 4 atom stereocenters. The number of aryl methyl sites for hydroxylation is 1. The Labute approximate surface area is 220 Å². The second-order valence-corrected chi connectivity index (χ2v) is 10.8. The van der Waals surface area contributed by atoms with Gasteiger partial charge in [-0.15, -0.1) is 0 Å². The smallest absolute Gasteiger partial charge is 0.266 e. The molecule has 38 heavy (non-hydrogen) atoms. The van der Waals surface area contributed by atoms with Gasteiger partial charge in [-0.1, -0.05) is 69.3 Å². The summed E-state index contributed by atoms with van der Waals surface area (Å²) in [4.78, 5) is 49.0. The first-order valence-corrected chi connectivity index (χ1v) is 13.3. The van der Waals surface area contributed by atoms with Gasteiger partial charge in [-0.3, -0.25) is 24.3 Å². The number of imide groups is 1. The number of fused-ring (bicyclic) bond motifs is 8. The maximum absolute atomic E-state index is 14.5. The van der Waals surface area contributed by atoms with E-state index < -0.39 is 17.4 Å². The predicted molar refractivity (Wildman–Crippen MR) is 145 cm³/mol. The standard InChI is InChI=1S/C31H28N4O3/c1-4-18-11-5-9-15-22(18)34-28(37)24-25(29(34)38)31(33-26(24)17(2)3)20-13-7-10-16-23(20)35-27(36)19-12-6-8-14-21(19)32-30(31)35/h5-17,24-26,33H,4H2,1-3H3/t24-,25-,26+,31-/m1/s1. The van der Waals surface area contributed by atoms with Gasteiger partial charge in [-0.05, 0) is 42.2 Å². The molecule has 4 heterocycles. The molecule has 0 aliphatic carbocycles. The van der Waals surface area contributed by atoms with Crippen LogP contribution in [-0.4, -0.2) is 27.4 Å². The van der Waals surface area contributed by atoms with E-state index in [1.807, 2.05) is 73.7 Å². The van der Waals surface area contributed by atoms with E-state index in [0.717, 1.165) is 11.1 Å². The van der Waals surface area contributed by atoms with Gasteiger partial charge in [0.25, 0.3) is 5.56 Å². The molecule has 2 fully saturated rings. The number of aromatic nitrogens is 2. The number of nitrogens with one attached hydrogen (secondary N) is 1. The van der Waals surface area contributed by atoms with Crippen LogP contribution in [0.1, 0.15) is 37.7 Å². The molecule has 0 unspecified atom stereocenters. The van der Waals surface area contributed by atoms with Crippen LogP contribution in [0.4, 0.5) is 5.69 Å². The first kappa shape index (κ1) is 23.0. The van der Waals surface area contributed by atoms with Crippen molar-refractivity contribution in [3.05, 3.63) is 100 Å². The minimum absolute atomic E-state index is 0.0633. The van der Waals surface area contributed by atoms with Crippen LogP contribution in [0.3, 0.4) is 0 Å². The summed E-state index contributed by atoms with van der Waals surface area (Å²) < 4.78 is 1.64. The lowest BCUT2D eigenvalue weighted by Crippen LogP contribution is -2.51. The lowest BCUT2D eigenvalue weighted by molar-refractivity contribution is -0.123. The number of hydrogen-bond acceptors (Lipinski definition) is 5. The van der Waals surface area contributed by atoms with Crippen molar-refractivity contribution in [3.8, 4) is 5.69 Å². The van der Waals surface area contributed by atoms with Crippen LogP contribution in [0.2, 0.25) is 0 Å². The first-order chi connectivity index (χ1) is 18.4. The van der Waals surface area contributed by atoms with Crippen LogP contribution in [-0.2, 0) is 21.5 Å². The molecule has 1 N–H and O–H groups in total. The van der Waals surface area contributed by atoms with Crippen molar-refractivity contribution in [1.29, 1.82) is 0 Å². The van der Waals surface area contributed by atoms with Crippen LogP contribution in [0.25, 0.3) is 16.6 Å². The number of amides is 2. The number of benzene rings is 3. The topological polar surface area (TPSA) is 84.3 Å². The monoisotopic (exact) mass is 504 g/mol. The quantitative estimate of drug-likeness (QED) is 0.428. The van der Waals surface area contributed by atoms with Gasteiger partial charge in [-0.2, -0.15) is 0 Å². The summed E-state index contributed by atoms with van der Waals surface area (Å²) >= 11 is 0. The van der Waals surface area contributed by atoms with Crippen molar-refractivity contribution in [3.63, 3.8) is 0 Å². The van der Waals surface area contributed by atoms with E-state index in [0.29, 0.717) is 34.5 Å². The highest BCUT2D eigenvalue weighted by Crippen LogP contribution is 2.56. The Morgan fingerprint density at radius 3 is 2.34 bits per heavy atom. The van der Waals surface area contributed by atoms with Gasteiger partial charge >= 0.3 is 0 Å². The van der Waals surface area contributed by atoms with E-state index >= 15 is 0 Å². The Morgan fingerprint density at radius 1 is 0.895 bits per heavy atom. The molecule has 2 amide bonds. The lowest BCUT2D eigenvalue weighted by Gasteiger charge is -2.32. The van der Waals surface area contributed by atoms with Crippen LogP contribution in [0.15, 0.2) is 77.6 Å². The Bertz CT molecular complexity index is 1720. The number of nitrogens with zero attached hydrogens (tertiary/aromatic N) is 3. The summed E-state index contributed by atoms with van der Waals surface area (Å²) in [5, 5.41) is 4.26. The summed E-state index contributed by atoms with van der Waals surface area (Å²) in [7, 11) is 0. The fourth-order valence-corrected chi connectivity index (χ4v) is 6.99. The number of para-hydroxylation sites is 3. The fourth-order valence-electron chi connectivity index (χ4n) is 6.99. The molecule has 1 spiro atoms. The molecule has 3 aromatic carbocycles. The molecule has 3 aliphatic rings. The Kier molecular flexibility index (Phi) is 4.82. The molecule has 2 saturated heterocycles. The third kappa shape index (κ3) is 2.72. The number of carbonyl (C=O) groups excluding carboxylic acids is 2. The van der Waals surface area contributed by atoms with Crippen LogP contribution in [0, 0.1) is 17.8 Å². The van der Waals surface area contributed by atoms with Crippen molar-refractivity contribution < 1.29 is 9.59 Å². The van der Waals surface area contributed by atoms with Crippen molar-refractivity contribution in [1.82, 2.24) is 14.9 Å². The van der Waals surface area contributed by atoms with Gasteiger partial charge in [0.1, 0.15) is 11.4 Å². The molecule has 1 aromatic heterocycles. The molecule has 4 aromatic rings. The van der Waals surface area contributed by atoms with E-state index in [-0.39, 0.29) is 29.3 Å². The number of rotatable bonds is 3. The molecular weight excluding hydrogens is 476 g/mol. The number of carbonyl (C=O) groups is 2. The molecule has 0 radical (unpaired) electrons. The largest absolute Gasteiger partial charge is 0.296 e. The number of hydrogen-bond donors (Lipinski definition) is 1. The van der Waals surface area contributed by atoms with Gasteiger partial charge in [0, 0.05) is 11.6 Å². The highest BCUT2D eigenvalue weighted by atomic mass is 16.2. The number of anilines is 1. The second-order valence-electron chi connectivity index (χ2n) is 10.8. The molecule has 7 heteroatoms. The Hall–Kier alpha value is -4.10. The van der Waals surface area contributed by atoms with E-state index in [4.69, 9.17) is 4.98 Å². The van der Waals surface area contributed by atoms with Gasteiger partial charge in [0.05, 0.1) is 34.1 Å². The van der Waals surface area contributed by atoms with Crippen molar-refractivity contribution in [2.75, 3.05) is 4.90 Å². The van der Waals surface area contributed by atoms with Crippen molar-refractivity contribution >= 4 is 28.4 Å². The Balaban J connectivity index is 1.54. The summed E-state index contributed by atoms with van der Waals surface area (Å²) in [5.41, 5.74) is 2.40. The third-order valence-corrected chi connectivity index (χ3v) is 8.63. The van der Waals surface area contributed by atoms with Gasteiger partial charge in [0.15, 0.2) is 0 Å². The molecule has 3 aliphatic heterocycles. The molecule has 7 rings (SSSR count). The zero-order valence-electron chi connectivity index (χ0n) is 21.5. The van der Waals surface area contributed by atoms with Crippen LogP contribution >= 0.6 is 0 Å². The zero-order valence-corrected chi connectivity index (χ0v) is 21.5. The lowest BCUT2D eigenvalue weighted by atomic mass is 9.75. The van der Waals surface area contributed by atoms with E-state index in [9.17, 15) is 14.4 Å². The van der Waals surface area contributed by atoms with Crippen molar-refractivity contribution in [2.24, 2.45) is 17.8 Å². The third-order valence-electron chi connectivity index (χ3n) is 8.63. The summed E-state index contributed by atoms with van der Waals surface area (Å²) in [6, 6.07) is 22.3. The van der Waals surface area contributed by atoms with Crippen molar-refractivity contribution in [2.45, 2.75) is 38.8 Å². The average Bonchev–Trinajstić information content (AvgIpc) is 3.52. The van der Waals surface area contributed by atoms with Gasteiger partial charge in [-0.25, -0.2) is 9.88 Å². The molecule has 7 nitrogen and oxygen atoms in total. The Morgan fingerprint density at radius 2 is 1.58 bits per heavy atom. The molecule has 0 bridgehead atoms. The van der Waals surface area contributed by atoms with E-state index in [2.05, 4.69) is 19.2 Å². The molecule has 190 valence electrons. The highest BCUT2D eigenvalue weighted by molar-refractivity contribution is 6.23. The summed E-state index contributed by atoms with van der Waals surface area (Å²) in [6.45, 7) is 6.15. The first-order valence-electron chi connectivity index (χ1n) is 13.3. The predicted octanol–water partition coefficient (Wildman–Crippen LogP) is 3.94. The van der Waals surface area contributed by atoms with Gasteiger partial charge < -0.3 is 0 Å². The summed E-state index contributed by atoms with van der Waals surface area (Å²) in [5.74, 6) is -1.23. The average molecular weight is 505 g/mol. The van der Waals surface area contributed by atoms with Gasteiger partial charge in [0.2, 0.25) is 11.8 Å². The minimum Gasteiger partial charge on any atom is -0.296 e. The normalized spacial score (nSPS) is 25.5. The van der Waals surface area contributed by atoms with E-state index in [1.54, 1.807) is 10.6 Å². The zero-order chi connectivity index (χ0) is 26.3. The molecule has 0 saturated carbocycles. The van der Waals surface area contributed by atoms with E-state index in [1.165, 1.54) is 4.90 Å². The summed E-state index contributed by atoms with van der Waals surface area (Å²) in [6.07, 6.45) is 0.703.